The van der Waals surface area contributed by atoms with E-state index < -0.39 is 65.5 Å². The van der Waals surface area contributed by atoms with E-state index in [1.54, 1.807) is 65.8 Å². The summed E-state index contributed by atoms with van der Waals surface area (Å²) in [5, 5.41) is 12.5. The molecular weight excluding hydrogens is 885 g/mol. The van der Waals surface area contributed by atoms with Gasteiger partial charge < -0.3 is 44.9 Å². The van der Waals surface area contributed by atoms with Crippen molar-refractivity contribution in [3.8, 4) is 17.6 Å². The summed E-state index contributed by atoms with van der Waals surface area (Å²) in [6.07, 6.45) is 1.29. The van der Waals surface area contributed by atoms with Gasteiger partial charge in [0.15, 0.2) is 0 Å². The maximum Gasteiger partial charge on any atom is 0.421 e. The molecule has 69 heavy (non-hydrogen) atoms. The molecule has 9 rings (SSSR count). The quantitative estimate of drug-likeness (QED) is 0.0925. The van der Waals surface area contributed by atoms with Crippen LogP contribution < -0.4 is 25.6 Å². The fourth-order valence-electron chi connectivity index (χ4n) is 10.2. The van der Waals surface area contributed by atoms with Crippen LogP contribution in [0.15, 0.2) is 122 Å². The van der Waals surface area contributed by atoms with E-state index in [9.17, 15) is 14.7 Å². The van der Waals surface area contributed by atoms with Crippen molar-refractivity contribution < 1.29 is 48.0 Å². The Balaban J connectivity index is 1.33. The van der Waals surface area contributed by atoms with Crippen LogP contribution >= 0.6 is 0 Å². The van der Waals surface area contributed by atoms with Gasteiger partial charge in [0.25, 0.3) is 0 Å². The number of morpholine rings is 1. The molecule has 354 valence electrons. The molecule has 6 atom stereocenters. The lowest BCUT2D eigenvalue weighted by Crippen LogP contribution is -2.59. The van der Waals surface area contributed by atoms with E-state index in [-0.39, 0.29) is 63.1 Å². The number of esters is 1. The van der Waals surface area contributed by atoms with Gasteiger partial charge in [-0.15, -0.1) is 0 Å². The lowest BCUT2D eigenvalue weighted by atomic mass is 9.64. The average Bonchev–Trinajstić information content (AvgIpc) is 3.83. The number of amides is 5. The Bertz CT molecular complexity index is 2770. The number of benzene rings is 4. The van der Waals surface area contributed by atoms with E-state index in [0.29, 0.717) is 41.3 Å². The summed E-state index contributed by atoms with van der Waals surface area (Å²) in [6, 6.07) is 27.9. The minimum absolute atomic E-state index is 0.0280. The molecule has 4 aliphatic heterocycles. The summed E-state index contributed by atoms with van der Waals surface area (Å²) >= 11 is 0. The molecule has 0 saturated carbocycles. The first-order valence-corrected chi connectivity index (χ1v) is 22.6. The molecule has 18 heteroatoms. The molecule has 18 nitrogen and oxygen atoms in total. The molecule has 4 N–H and O–H groups in total. The maximum atomic E-state index is 16.5. The first-order valence-electron chi connectivity index (χ1n) is 22.6. The summed E-state index contributed by atoms with van der Waals surface area (Å²) < 4.78 is 23.8. The zero-order chi connectivity index (χ0) is 48.1. The fourth-order valence-corrected chi connectivity index (χ4v) is 10.2. The Morgan fingerprint density at radius 1 is 0.855 bits per heavy atom. The summed E-state index contributed by atoms with van der Waals surface area (Å²) in [7, 11) is 1.45. The van der Waals surface area contributed by atoms with Crippen molar-refractivity contribution in [3.63, 3.8) is 0 Å². The number of aromatic nitrogens is 2. The number of cyclic esters (lactones) is 1. The van der Waals surface area contributed by atoms with Crippen molar-refractivity contribution in [2.75, 3.05) is 76.1 Å². The number of urea groups is 1. The highest BCUT2D eigenvalue weighted by Crippen LogP contribution is 2.67. The first-order chi connectivity index (χ1) is 33.7. The lowest BCUT2D eigenvalue weighted by molar-refractivity contribution is -0.179. The lowest BCUT2D eigenvalue weighted by Gasteiger charge is -2.46. The number of piperazine rings is 1. The Labute approximate surface area is 397 Å². The molecule has 0 aliphatic carbocycles. The van der Waals surface area contributed by atoms with Crippen molar-refractivity contribution in [2.45, 2.75) is 29.6 Å². The van der Waals surface area contributed by atoms with Gasteiger partial charge in [-0.25, -0.2) is 24.5 Å². The fraction of sp³-hybridized carbons (Fsp3) is 0.314. The number of aliphatic hydroxyl groups is 1. The summed E-state index contributed by atoms with van der Waals surface area (Å²) in [5.41, 5.74) is 5.66. The number of nitrogens with zero attached hydrogens (tertiary/aromatic N) is 6. The zero-order valence-corrected chi connectivity index (χ0v) is 37.7. The molecule has 1 spiro atoms. The van der Waals surface area contributed by atoms with Crippen molar-refractivity contribution in [1.29, 1.82) is 0 Å². The molecule has 1 aromatic heterocycles. The number of methoxy groups -OCH3 is 1. The normalized spacial score (nSPS) is 22.8. The van der Waals surface area contributed by atoms with Crippen molar-refractivity contribution >= 4 is 41.5 Å². The summed E-state index contributed by atoms with van der Waals surface area (Å²) in [6.45, 7) is 0.257. The SMILES string of the molecule is COCCOC(=O)N1C(=O)C2(c3cc(C#CCNC(N)=O)ccc31)C(C(=O)N1CCN(c3ncccn3)CC1)C1C(=O)OC(c3ccccc3)C(c3ccccc3)N1C2c1ccccc1OCCO. The number of fused-ring (bicyclic) bond motifs is 3. The highest BCUT2D eigenvalue weighted by molar-refractivity contribution is 6.23. The van der Waals surface area contributed by atoms with Crippen LogP contribution in [0.1, 0.15) is 46.0 Å². The molecule has 3 saturated heterocycles. The topological polar surface area (TPSA) is 219 Å². The highest BCUT2D eigenvalue weighted by atomic mass is 16.6. The molecule has 4 aromatic carbocycles. The van der Waals surface area contributed by atoms with Gasteiger partial charge in [-0.1, -0.05) is 90.7 Å². The van der Waals surface area contributed by atoms with E-state index in [0.717, 1.165) is 4.90 Å². The van der Waals surface area contributed by atoms with Gasteiger partial charge in [0, 0.05) is 56.8 Å². The summed E-state index contributed by atoms with van der Waals surface area (Å²) in [5.74, 6) is 3.00. The van der Waals surface area contributed by atoms with Crippen molar-refractivity contribution in [1.82, 2.24) is 25.1 Å². The van der Waals surface area contributed by atoms with Crippen molar-refractivity contribution in [3.05, 3.63) is 149 Å². The molecule has 0 bridgehead atoms. The van der Waals surface area contributed by atoms with E-state index in [2.05, 4.69) is 27.1 Å². The number of carbonyl (C=O) groups excluding carboxylic acids is 5. The third-order valence-corrected chi connectivity index (χ3v) is 13.0. The number of carbonyl (C=O) groups is 5. The monoisotopic (exact) mass is 934 g/mol. The van der Waals surface area contributed by atoms with Gasteiger partial charge in [-0.3, -0.25) is 19.3 Å². The minimum Gasteiger partial charge on any atom is -0.491 e. The number of ether oxygens (including phenoxy) is 4. The van der Waals surface area contributed by atoms with E-state index in [1.165, 1.54) is 7.11 Å². The predicted molar refractivity (Wildman–Crippen MR) is 249 cm³/mol. The van der Waals surface area contributed by atoms with Crippen LogP contribution in [0.4, 0.5) is 21.2 Å². The number of primary amides is 1. The van der Waals surface area contributed by atoms with Crippen LogP contribution in [-0.2, 0) is 34.0 Å². The van der Waals surface area contributed by atoms with Crippen LogP contribution in [0.5, 0.6) is 5.75 Å². The highest BCUT2D eigenvalue weighted by Gasteiger charge is 2.76. The number of aliphatic hydroxyl groups excluding tert-OH is 1. The smallest absolute Gasteiger partial charge is 0.421 e. The van der Waals surface area contributed by atoms with Crippen molar-refractivity contribution in [2.24, 2.45) is 11.7 Å². The third kappa shape index (κ3) is 8.56. The van der Waals surface area contributed by atoms with Gasteiger partial charge >= 0.3 is 18.1 Å². The Hall–Kier alpha value is -7.85. The Morgan fingerprint density at radius 3 is 2.25 bits per heavy atom. The number of hydrogen-bond donors (Lipinski definition) is 3. The number of nitrogens with one attached hydrogen (secondary N) is 1. The summed E-state index contributed by atoms with van der Waals surface area (Å²) in [4.78, 5) is 89.7. The number of rotatable bonds is 12. The predicted octanol–water partition coefficient (Wildman–Crippen LogP) is 3.66. The van der Waals surface area contributed by atoms with Crippen LogP contribution in [-0.4, -0.2) is 127 Å². The molecule has 5 aromatic rings. The van der Waals surface area contributed by atoms with Crippen LogP contribution in [0.2, 0.25) is 0 Å². The number of para-hydroxylation sites is 1. The van der Waals surface area contributed by atoms with Gasteiger partial charge in [0.2, 0.25) is 17.8 Å². The van der Waals surface area contributed by atoms with Gasteiger partial charge in [-0.05, 0) is 47.0 Å². The standard InChI is InChI=1S/C51H50N8O10/c1-66-30-31-68-50(65)58-38-20-19-33(12-10-21-53-48(52)64)32-37(38)51(47(58)63)40(45(61)56-24-26-57(27-25-56)49-54-22-11-23-55-49)42-46(62)69-43(35-15-6-3-7-16-35)41(34-13-4-2-5-14-34)59(42)44(51)36-17-8-9-18-39(36)67-29-28-60/h2-9,11,13-20,22-23,32,40-44,60H,21,24-31H2,1H3,(H3,52,53,64). The van der Waals surface area contributed by atoms with Crippen LogP contribution in [0.3, 0.4) is 0 Å². The van der Waals surface area contributed by atoms with E-state index in [1.807, 2.05) is 70.5 Å². The van der Waals surface area contributed by atoms with E-state index >= 15 is 14.4 Å². The van der Waals surface area contributed by atoms with Gasteiger partial charge in [-0.2, -0.15) is 0 Å². The van der Waals surface area contributed by atoms with Gasteiger partial charge in [0.05, 0.1) is 43.4 Å². The number of hydrogen-bond acceptors (Lipinski definition) is 14. The van der Waals surface area contributed by atoms with Crippen LogP contribution in [0, 0.1) is 17.8 Å². The molecular formula is C51H50N8O10. The van der Waals surface area contributed by atoms with Crippen LogP contribution in [0.25, 0.3) is 0 Å². The average molecular weight is 935 g/mol. The molecule has 3 fully saturated rings. The Morgan fingerprint density at radius 2 is 1.55 bits per heavy atom. The largest absolute Gasteiger partial charge is 0.491 e. The second kappa shape index (κ2) is 20.2. The molecule has 0 radical (unpaired) electrons. The van der Waals surface area contributed by atoms with E-state index in [4.69, 9.17) is 24.7 Å². The number of imide groups is 1. The second-order valence-corrected chi connectivity index (χ2v) is 16.7. The second-order valence-electron chi connectivity index (χ2n) is 16.7. The first kappa shape index (κ1) is 46.3. The molecule has 5 amide bonds. The molecule has 5 heterocycles. The van der Waals surface area contributed by atoms with Gasteiger partial charge in [0.1, 0.15) is 36.5 Å². The third-order valence-electron chi connectivity index (χ3n) is 13.0. The molecule has 4 aliphatic rings. The Kier molecular flexibility index (Phi) is 13.5. The maximum absolute atomic E-state index is 16.5. The number of nitrogens with two attached hydrogens (primary N) is 1. The number of anilines is 2. The molecule has 6 unspecified atom stereocenters. The zero-order valence-electron chi connectivity index (χ0n) is 37.7. The minimum atomic E-state index is -2.13.